The zero-order valence-electron chi connectivity index (χ0n) is 17.8. The van der Waals surface area contributed by atoms with Crippen LogP contribution in [0.4, 0.5) is 0 Å². The van der Waals surface area contributed by atoms with E-state index in [1.165, 1.54) is 16.9 Å². The van der Waals surface area contributed by atoms with Crippen LogP contribution in [0.25, 0.3) is 0 Å². The number of aryl methyl sites for hydroxylation is 4. The molecule has 0 bridgehead atoms. The van der Waals surface area contributed by atoms with E-state index in [-0.39, 0.29) is 12.5 Å². The molecule has 1 heterocycles. The first-order valence-corrected chi connectivity index (χ1v) is 13.0. The predicted molar refractivity (Wildman–Crippen MR) is 120 cm³/mol. The number of nitrogens with zero attached hydrogens (tertiary/aromatic N) is 1. The normalized spacial score (nSPS) is 13.8. The monoisotopic (exact) mass is 449 g/mol. The topological polar surface area (TPSA) is 88.2 Å². The number of aromatic nitrogens is 1. The molecule has 30 heavy (non-hydrogen) atoms. The SMILES string of the molecule is CCc1nc(CCNC(=O)CCCNS(=O)(=O)c2ccc3c(c2)CCCC3)sc1C. The Kier molecular flexibility index (Phi) is 8.02. The van der Waals surface area contributed by atoms with Gasteiger partial charge in [-0.3, -0.25) is 4.79 Å². The van der Waals surface area contributed by atoms with Gasteiger partial charge in [-0.05, 0) is 68.7 Å². The summed E-state index contributed by atoms with van der Waals surface area (Å²) in [6, 6.07) is 5.42. The lowest BCUT2D eigenvalue weighted by Gasteiger charge is -2.16. The molecule has 0 atom stereocenters. The number of fused-ring (bicyclic) bond motifs is 1. The second kappa shape index (κ2) is 10.5. The number of hydrogen-bond donors (Lipinski definition) is 2. The van der Waals surface area contributed by atoms with Crippen LogP contribution in [0.5, 0.6) is 0 Å². The molecule has 0 fully saturated rings. The van der Waals surface area contributed by atoms with Crippen molar-refractivity contribution in [2.75, 3.05) is 13.1 Å². The molecule has 6 nitrogen and oxygen atoms in total. The second-order valence-electron chi connectivity index (χ2n) is 7.70. The molecule has 0 aliphatic heterocycles. The van der Waals surface area contributed by atoms with Crippen LogP contribution < -0.4 is 10.0 Å². The number of nitrogens with one attached hydrogen (secondary N) is 2. The summed E-state index contributed by atoms with van der Waals surface area (Å²) in [6.45, 7) is 4.96. The maximum Gasteiger partial charge on any atom is 0.240 e. The predicted octanol–water partition coefficient (Wildman–Crippen LogP) is 3.31. The molecule has 3 rings (SSSR count). The molecule has 164 valence electrons. The maximum absolute atomic E-state index is 12.5. The maximum atomic E-state index is 12.5. The Hall–Kier alpha value is -1.77. The lowest BCUT2D eigenvalue weighted by Crippen LogP contribution is -2.28. The molecular formula is C22H31N3O3S2. The largest absolute Gasteiger partial charge is 0.356 e. The average molecular weight is 450 g/mol. The van der Waals surface area contributed by atoms with Crippen LogP contribution in [0.1, 0.15) is 59.3 Å². The first-order chi connectivity index (χ1) is 14.4. The standard InChI is InChI=1S/C22H31N3O3S2/c1-3-20-16(2)29-22(25-20)12-14-23-21(26)9-6-13-24-30(27,28)19-11-10-17-7-4-5-8-18(17)15-19/h10-11,15,24H,3-9,12-14H2,1-2H3,(H,23,26). The van der Waals surface area contributed by atoms with Crippen LogP contribution in [0.3, 0.4) is 0 Å². The van der Waals surface area contributed by atoms with E-state index in [1.807, 2.05) is 6.07 Å². The Labute approximate surface area is 183 Å². The van der Waals surface area contributed by atoms with Gasteiger partial charge in [0.1, 0.15) is 0 Å². The Morgan fingerprint density at radius 3 is 2.67 bits per heavy atom. The molecule has 1 aliphatic carbocycles. The highest BCUT2D eigenvalue weighted by atomic mass is 32.2. The van der Waals surface area contributed by atoms with Gasteiger partial charge in [0.25, 0.3) is 0 Å². The molecule has 2 aromatic rings. The number of sulfonamides is 1. The van der Waals surface area contributed by atoms with Crippen molar-refractivity contribution in [1.29, 1.82) is 0 Å². The Balaban J connectivity index is 1.38. The molecule has 0 saturated carbocycles. The smallest absolute Gasteiger partial charge is 0.240 e. The van der Waals surface area contributed by atoms with Crippen LogP contribution in [0.15, 0.2) is 23.1 Å². The van der Waals surface area contributed by atoms with E-state index in [1.54, 1.807) is 23.5 Å². The molecule has 0 spiro atoms. The first-order valence-electron chi connectivity index (χ1n) is 10.7. The summed E-state index contributed by atoms with van der Waals surface area (Å²) in [5.41, 5.74) is 3.54. The van der Waals surface area contributed by atoms with Crippen molar-refractivity contribution >= 4 is 27.3 Å². The minimum atomic E-state index is -3.54. The van der Waals surface area contributed by atoms with Crippen molar-refractivity contribution in [3.05, 3.63) is 44.9 Å². The van der Waals surface area contributed by atoms with Crippen LogP contribution >= 0.6 is 11.3 Å². The zero-order chi connectivity index (χ0) is 21.6. The summed E-state index contributed by atoms with van der Waals surface area (Å²) in [6.07, 6.45) is 6.66. The Morgan fingerprint density at radius 2 is 1.93 bits per heavy atom. The average Bonchev–Trinajstić information content (AvgIpc) is 3.10. The molecular weight excluding hydrogens is 418 g/mol. The van der Waals surface area contributed by atoms with Gasteiger partial charge in [0.05, 0.1) is 15.6 Å². The van der Waals surface area contributed by atoms with Gasteiger partial charge in [-0.15, -0.1) is 11.3 Å². The van der Waals surface area contributed by atoms with Crippen LogP contribution in [0, 0.1) is 6.92 Å². The third-order valence-electron chi connectivity index (χ3n) is 5.44. The van der Waals surface area contributed by atoms with Crippen molar-refractivity contribution < 1.29 is 13.2 Å². The highest BCUT2D eigenvalue weighted by molar-refractivity contribution is 7.89. The van der Waals surface area contributed by atoms with Gasteiger partial charge < -0.3 is 5.32 Å². The molecule has 0 saturated heterocycles. The summed E-state index contributed by atoms with van der Waals surface area (Å²) in [5.74, 6) is -0.0630. The fourth-order valence-electron chi connectivity index (χ4n) is 3.74. The van der Waals surface area contributed by atoms with Gasteiger partial charge in [0.15, 0.2) is 0 Å². The van der Waals surface area contributed by atoms with E-state index in [0.29, 0.717) is 24.3 Å². The molecule has 2 N–H and O–H groups in total. The number of rotatable bonds is 10. The van der Waals surface area contributed by atoms with Gasteiger partial charge >= 0.3 is 0 Å². The van der Waals surface area contributed by atoms with E-state index < -0.39 is 10.0 Å². The Morgan fingerprint density at radius 1 is 1.17 bits per heavy atom. The fraction of sp³-hybridized carbons (Fsp3) is 0.545. The number of amides is 1. The van der Waals surface area contributed by atoms with E-state index in [4.69, 9.17) is 0 Å². The van der Waals surface area contributed by atoms with E-state index >= 15 is 0 Å². The van der Waals surface area contributed by atoms with Crippen molar-refractivity contribution in [3.8, 4) is 0 Å². The molecule has 1 amide bonds. The highest BCUT2D eigenvalue weighted by Crippen LogP contribution is 2.24. The minimum absolute atomic E-state index is 0.0630. The van der Waals surface area contributed by atoms with Crippen molar-refractivity contribution in [2.45, 2.75) is 70.1 Å². The van der Waals surface area contributed by atoms with Crippen LogP contribution in [-0.2, 0) is 40.5 Å². The van der Waals surface area contributed by atoms with Crippen molar-refractivity contribution in [1.82, 2.24) is 15.0 Å². The number of thiazole rings is 1. The van der Waals surface area contributed by atoms with Crippen molar-refractivity contribution in [3.63, 3.8) is 0 Å². The molecule has 0 unspecified atom stereocenters. The Bertz CT molecular complexity index is 984. The minimum Gasteiger partial charge on any atom is -0.356 e. The molecule has 1 aliphatic rings. The zero-order valence-corrected chi connectivity index (χ0v) is 19.4. The quantitative estimate of drug-likeness (QED) is 0.545. The fourth-order valence-corrected chi connectivity index (χ4v) is 5.88. The summed E-state index contributed by atoms with van der Waals surface area (Å²) >= 11 is 1.68. The first kappa shape index (κ1) is 22.9. The summed E-state index contributed by atoms with van der Waals surface area (Å²) < 4.78 is 27.7. The summed E-state index contributed by atoms with van der Waals surface area (Å²) in [4.78, 5) is 18.1. The highest BCUT2D eigenvalue weighted by Gasteiger charge is 2.17. The third-order valence-corrected chi connectivity index (χ3v) is 7.97. The lowest BCUT2D eigenvalue weighted by atomic mass is 9.92. The molecule has 8 heteroatoms. The number of carbonyl (C=O) groups is 1. The molecule has 0 radical (unpaired) electrons. The second-order valence-corrected chi connectivity index (χ2v) is 10.8. The van der Waals surface area contributed by atoms with E-state index in [0.717, 1.165) is 48.4 Å². The van der Waals surface area contributed by atoms with Gasteiger partial charge in [-0.2, -0.15) is 0 Å². The van der Waals surface area contributed by atoms with Crippen LogP contribution in [0.2, 0.25) is 0 Å². The lowest BCUT2D eigenvalue weighted by molar-refractivity contribution is -0.121. The third kappa shape index (κ3) is 6.12. The number of benzene rings is 1. The van der Waals surface area contributed by atoms with E-state index in [2.05, 4.69) is 28.9 Å². The van der Waals surface area contributed by atoms with Gasteiger partial charge in [0.2, 0.25) is 15.9 Å². The van der Waals surface area contributed by atoms with Crippen LogP contribution in [-0.4, -0.2) is 32.4 Å². The van der Waals surface area contributed by atoms with Gasteiger partial charge in [0, 0.05) is 30.8 Å². The summed E-state index contributed by atoms with van der Waals surface area (Å²) in [5, 5.41) is 3.94. The van der Waals surface area contributed by atoms with Gasteiger partial charge in [-0.1, -0.05) is 13.0 Å². The van der Waals surface area contributed by atoms with Gasteiger partial charge in [-0.25, -0.2) is 18.1 Å². The number of carbonyl (C=O) groups excluding carboxylic acids is 1. The van der Waals surface area contributed by atoms with Crippen molar-refractivity contribution in [2.24, 2.45) is 0 Å². The molecule has 1 aromatic carbocycles. The van der Waals surface area contributed by atoms with E-state index in [9.17, 15) is 13.2 Å². The molecule has 1 aromatic heterocycles. The summed E-state index contributed by atoms with van der Waals surface area (Å²) in [7, 11) is -3.54. The number of hydrogen-bond acceptors (Lipinski definition) is 5.